The van der Waals surface area contributed by atoms with Gasteiger partial charge in [-0.2, -0.15) is 0 Å². The van der Waals surface area contributed by atoms with Gasteiger partial charge in [0.2, 0.25) is 53.2 Å². The van der Waals surface area contributed by atoms with Crippen LogP contribution >= 0.6 is 0 Å². The van der Waals surface area contributed by atoms with Crippen LogP contribution in [0, 0.1) is 5.92 Å². The molecule has 2 aromatic rings. The molecule has 9 amide bonds. The van der Waals surface area contributed by atoms with E-state index < -0.39 is 133 Å². The number of carbonyl (C=O) groups excluding carboxylic acids is 9. The minimum atomic E-state index is -1.88. The predicted molar refractivity (Wildman–Crippen MR) is 250 cm³/mol. The smallest absolute Gasteiger partial charge is 0.328 e. The van der Waals surface area contributed by atoms with Crippen molar-refractivity contribution in [3.8, 4) is 11.5 Å². The molecule has 0 aliphatic carbocycles. The van der Waals surface area contributed by atoms with Crippen LogP contribution in [-0.4, -0.2) is 157 Å². The van der Waals surface area contributed by atoms with Gasteiger partial charge in [0.15, 0.2) is 6.04 Å². The number of hydrogen-bond donors (Lipinski definition) is 16. The molecule has 0 fully saturated rings. The first-order valence-electron chi connectivity index (χ1n) is 22.4. The first kappa shape index (κ1) is 59.7. The standard InChI is InChI=1S/C45H66N10O16/c1-21(2)17-30(42(67)55-37(23(4)58)45(70)71)52-44(69)36(22(3)57)54-43(68)33(20-56)53-41(66)32(19-25-7-11-27(60)12-8-25)51-40(65)31(18-24-5-9-26(59)10-6-24)50-39(64)29(14-16-35(48)62)49-38(63)28(46)13-15-34(47)61/h5-12,21-23,28-33,36-37,56-60H,13-20,46H2,1-4H3,(H2,47,61)(H2,48,62)(H,49,63)(H,50,64)(H,51,65)(H,52,69)(H,53,66)(H,54,68)(H,55,67)(H,70,71)/t22-,23-,28+,29+,30+,31+,32+,33+,36+,37+/m1/s1. The highest BCUT2D eigenvalue weighted by molar-refractivity contribution is 5.98. The second-order valence-corrected chi connectivity index (χ2v) is 17.3. The van der Waals surface area contributed by atoms with Crippen LogP contribution in [0.25, 0.3) is 0 Å². The number of amides is 9. The summed E-state index contributed by atoms with van der Waals surface area (Å²) in [6, 6.07) is -2.23. The molecule has 0 aliphatic rings. The molecule has 2 rings (SSSR count). The summed E-state index contributed by atoms with van der Waals surface area (Å²) in [7, 11) is 0. The molecule has 0 spiro atoms. The van der Waals surface area contributed by atoms with E-state index in [0.29, 0.717) is 11.1 Å². The number of hydrogen-bond acceptors (Lipinski definition) is 16. The van der Waals surface area contributed by atoms with E-state index in [1.807, 2.05) is 0 Å². The zero-order chi connectivity index (χ0) is 53.7. The maximum Gasteiger partial charge on any atom is 0.328 e. The maximum atomic E-state index is 14.3. The second-order valence-electron chi connectivity index (χ2n) is 17.3. The summed E-state index contributed by atoms with van der Waals surface area (Å²) in [4.78, 5) is 130. The van der Waals surface area contributed by atoms with Gasteiger partial charge in [0.25, 0.3) is 0 Å². The van der Waals surface area contributed by atoms with Crippen LogP contribution in [-0.2, 0) is 60.8 Å². The van der Waals surface area contributed by atoms with Gasteiger partial charge in [-0.3, -0.25) is 43.2 Å². The summed E-state index contributed by atoms with van der Waals surface area (Å²) in [5, 5.41) is 76.4. The van der Waals surface area contributed by atoms with Gasteiger partial charge in [-0.15, -0.1) is 0 Å². The lowest BCUT2D eigenvalue weighted by atomic mass is 10.0. The zero-order valence-corrected chi connectivity index (χ0v) is 39.6. The highest BCUT2D eigenvalue weighted by Crippen LogP contribution is 2.15. The van der Waals surface area contributed by atoms with Gasteiger partial charge in [0.1, 0.15) is 47.8 Å². The number of carboxylic acids is 1. The number of carboxylic acid groups (broad SMARTS) is 1. The van der Waals surface area contributed by atoms with Crippen LogP contribution < -0.4 is 54.4 Å². The molecule has 19 N–H and O–H groups in total. The van der Waals surface area contributed by atoms with Crippen molar-refractivity contribution in [1.82, 2.24) is 37.2 Å². The van der Waals surface area contributed by atoms with Crippen LogP contribution in [0.5, 0.6) is 11.5 Å². The van der Waals surface area contributed by atoms with Gasteiger partial charge >= 0.3 is 5.97 Å². The molecule has 26 heteroatoms. The van der Waals surface area contributed by atoms with Crippen molar-refractivity contribution in [2.45, 2.75) is 133 Å². The number of phenolic OH excluding ortho intramolecular Hbond substituents is 2. The Labute approximate surface area is 408 Å². The van der Waals surface area contributed by atoms with Gasteiger partial charge in [-0.1, -0.05) is 38.1 Å². The van der Waals surface area contributed by atoms with Crippen molar-refractivity contribution in [2.24, 2.45) is 23.1 Å². The van der Waals surface area contributed by atoms with Crippen LogP contribution in [0.4, 0.5) is 0 Å². The topological polar surface area (TPSA) is 454 Å². The predicted octanol–water partition coefficient (Wildman–Crippen LogP) is -4.98. The van der Waals surface area contributed by atoms with E-state index in [2.05, 4.69) is 37.2 Å². The Kier molecular flexibility index (Phi) is 24.3. The Morgan fingerprint density at radius 2 is 0.859 bits per heavy atom. The molecule has 0 unspecified atom stereocenters. The fourth-order valence-electron chi connectivity index (χ4n) is 6.69. The number of rotatable bonds is 30. The molecule has 26 nitrogen and oxygen atoms in total. The number of aliphatic hydroxyl groups excluding tert-OH is 3. The number of benzene rings is 2. The first-order chi connectivity index (χ1) is 33.2. The molecule has 0 radical (unpaired) electrons. The number of aliphatic hydroxyl groups is 3. The summed E-state index contributed by atoms with van der Waals surface area (Å²) in [6.45, 7) is 4.48. The largest absolute Gasteiger partial charge is 0.508 e. The van der Waals surface area contributed by atoms with E-state index >= 15 is 0 Å². The third-order valence-corrected chi connectivity index (χ3v) is 10.6. The number of nitrogens with two attached hydrogens (primary N) is 3. The van der Waals surface area contributed by atoms with Crippen LogP contribution in [0.3, 0.4) is 0 Å². The normalized spacial score (nSPS) is 15.3. The number of nitrogens with one attached hydrogen (secondary N) is 7. The SMILES string of the molecule is CC(C)C[C@H](NC(=O)[C@@H](NC(=O)[C@H](CO)NC(=O)[C@H](Cc1ccc(O)cc1)NC(=O)[C@H](Cc1ccc(O)cc1)NC(=O)[C@H](CCC(N)=O)NC(=O)[C@@H](N)CCC(N)=O)[C@@H](C)O)C(=O)N[C@H](C(=O)O)[C@@H](C)O. The third-order valence-electron chi connectivity index (χ3n) is 10.6. The Hall–Kier alpha value is -7.42. The van der Waals surface area contributed by atoms with Crippen molar-refractivity contribution in [1.29, 1.82) is 0 Å². The third kappa shape index (κ3) is 21.0. The molecule has 2 aromatic carbocycles. The first-order valence-corrected chi connectivity index (χ1v) is 22.4. The van der Waals surface area contributed by atoms with Crippen molar-refractivity contribution >= 4 is 59.1 Å². The van der Waals surface area contributed by atoms with Crippen molar-refractivity contribution in [3.63, 3.8) is 0 Å². The van der Waals surface area contributed by atoms with Crippen LogP contribution in [0.1, 0.15) is 70.9 Å². The van der Waals surface area contributed by atoms with Gasteiger partial charge in [0.05, 0.1) is 24.9 Å². The summed E-state index contributed by atoms with van der Waals surface area (Å²) < 4.78 is 0. The summed E-state index contributed by atoms with van der Waals surface area (Å²) >= 11 is 0. The van der Waals surface area contributed by atoms with Crippen molar-refractivity contribution < 1.29 is 78.6 Å². The van der Waals surface area contributed by atoms with Gasteiger partial charge in [-0.05, 0) is 74.4 Å². The zero-order valence-electron chi connectivity index (χ0n) is 39.6. The average molecular weight is 1000 g/mol. The van der Waals surface area contributed by atoms with Gasteiger partial charge in [-0.25, -0.2) is 4.79 Å². The van der Waals surface area contributed by atoms with Gasteiger partial charge in [0, 0.05) is 25.7 Å². The number of primary amides is 2. The lowest BCUT2D eigenvalue weighted by Gasteiger charge is -2.28. The Balaban J connectivity index is 2.48. The molecule has 71 heavy (non-hydrogen) atoms. The molecular formula is C45H66N10O16. The van der Waals surface area contributed by atoms with Crippen molar-refractivity contribution in [3.05, 3.63) is 59.7 Å². The molecule has 0 saturated heterocycles. The minimum Gasteiger partial charge on any atom is -0.508 e. The molecule has 0 saturated carbocycles. The second kappa shape index (κ2) is 28.9. The number of aliphatic carboxylic acids is 1. The molecule has 0 heterocycles. The molecule has 10 atom stereocenters. The number of carbonyl (C=O) groups is 10. The van der Waals surface area contributed by atoms with Crippen LogP contribution in [0.2, 0.25) is 0 Å². The van der Waals surface area contributed by atoms with Crippen LogP contribution in [0.15, 0.2) is 48.5 Å². The highest BCUT2D eigenvalue weighted by Gasteiger charge is 2.36. The lowest BCUT2D eigenvalue weighted by Crippen LogP contribution is -2.62. The Morgan fingerprint density at radius 1 is 0.493 bits per heavy atom. The van der Waals surface area contributed by atoms with E-state index in [4.69, 9.17) is 17.2 Å². The Bertz CT molecular complexity index is 2170. The monoisotopic (exact) mass is 1000 g/mol. The van der Waals surface area contributed by atoms with Gasteiger partial charge < -0.3 is 85.1 Å². The summed E-state index contributed by atoms with van der Waals surface area (Å²) in [5.41, 5.74) is 17.1. The summed E-state index contributed by atoms with van der Waals surface area (Å²) in [6.07, 6.45) is -5.19. The average Bonchev–Trinajstić information content (AvgIpc) is 3.29. The molecule has 0 aromatic heterocycles. The molecule has 392 valence electrons. The highest BCUT2D eigenvalue weighted by atomic mass is 16.4. The van der Waals surface area contributed by atoms with Crippen molar-refractivity contribution in [2.75, 3.05) is 6.61 Å². The quantitative estimate of drug-likeness (QED) is 0.0348. The van der Waals surface area contributed by atoms with E-state index in [0.717, 1.165) is 13.8 Å². The minimum absolute atomic E-state index is 0.0615. The molecule has 0 aliphatic heterocycles. The summed E-state index contributed by atoms with van der Waals surface area (Å²) in [5.74, 6) is -11.2. The fourth-order valence-corrected chi connectivity index (χ4v) is 6.69. The lowest BCUT2D eigenvalue weighted by molar-refractivity contribution is -0.145. The Morgan fingerprint density at radius 3 is 1.27 bits per heavy atom. The van der Waals surface area contributed by atoms with E-state index in [1.54, 1.807) is 13.8 Å². The maximum absolute atomic E-state index is 14.3. The van der Waals surface area contributed by atoms with E-state index in [1.165, 1.54) is 48.5 Å². The number of phenols is 2. The van der Waals surface area contributed by atoms with E-state index in [9.17, 15) is 78.6 Å². The van der Waals surface area contributed by atoms with E-state index in [-0.39, 0.29) is 55.9 Å². The molecule has 0 bridgehead atoms. The number of aromatic hydroxyl groups is 2. The fraction of sp³-hybridized carbons (Fsp3) is 0.511. The molecular weight excluding hydrogens is 937 g/mol.